The molecule has 0 aromatic heterocycles. The molecule has 28 heavy (non-hydrogen) atoms. The summed E-state index contributed by atoms with van der Waals surface area (Å²) < 4.78 is 0. The maximum Gasteiger partial charge on any atom is 0.328 e. The molecule has 1 aromatic rings. The van der Waals surface area contributed by atoms with Gasteiger partial charge in [-0.05, 0) is 31.0 Å². The molecule has 3 amide bonds. The number of carbonyl (C=O) groups excluding carboxylic acids is 2. The third-order valence-electron chi connectivity index (χ3n) is 5.43. The number of imide groups is 1. The Morgan fingerprint density at radius 1 is 1.32 bits per heavy atom. The lowest BCUT2D eigenvalue weighted by Gasteiger charge is -2.42. The fourth-order valence-corrected chi connectivity index (χ4v) is 4.43. The number of likely N-dealkylation sites (N-methyl/N-ethyl adjacent to an activating group) is 1. The van der Waals surface area contributed by atoms with E-state index in [1.165, 1.54) is 4.90 Å². The number of hydrazone groups is 1. The van der Waals surface area contributed by atoms with Crippen molar-refractivity contribution in [2.24, 2.45) is 5.10 Å². The highest BCUT2D eigenvalue weighted by Crippen LogP contribution is 2.31. The van der Waals surface area contributed by atoms with Crippen LogP contribution in [-0.4, -0.2) is 76.0 Å². The maximum atomic E-state index is 13.4. The predicted molar refractivity (Wildman–Crippen MR) is 106 cm³/mol. The largest absolute Gasteiger partial charge is 0.328 e. The molecule has 2 fully saturated rings. The van der Waals surface area contributed by atoms with Gasteiger partial charge in [-0.15, -0.1) is 0 Å². The van der Waals surface area contributed by atoms with Crippen molar-refractivity contribution in [3.8, 4) is 0 Å². The monoisotopic (exact) mass is 404 g/mol. The van der Waals surface area contributed by atoms with E-state index in [0.29, 0.717) is 11.6 Å². The van der Waals surface area contributed by atoms with E-state index < -0.39 is 6.04 Å². The molecule has 3 atom stereocenters. The predicted octanol–water partition coefficient (Wildman–Crippen LogP) is 1.72. The molecule has 0 aliphatic carbocycles. The average Bonchev–Trinajstić information content (AvgIpc) is 3.03. The highest BCUT2D eigenvalue weighted by atomic mass is 35.5. The van der Waals surface area contributed by atoms with Crippen molar-refractivity contribution >= 4 is 29.3 Å². The Balaban J connectivity index is 1.63. The van der Waals surface area contributed by atoms with Crippen LogP contribution in [0, 0.1) is 0 Å². The number of carbonyl (C=O) groups is 2. The average molecular weight is 405 g/mol. The lowest BCUT2D eigenvalue weighted by Crippen LogP contribution is -2.66. The Morgan fingerprint density at radius 2 is 2.11 bits per heavy atom. The zero-order chi connectivity index (χ0) is 20.0. The summed E-state index contributed by atoms with van der Waals surface area (Å²) in [6.45, 7) is 5.65. The van der Waals surface area contributed by atoms with E-state index in [2.05, 4.69) is 22.2 Å². The van der Waals surface area contributed by atoms with Gasteiger partial charge in [0, 0.05) is 30.9 Å². The number of urea groups is 1. The van der Waals surface area contributed by atoms with Crippen LogP contribution in [0.15, 0.2) is 29.4 Å². The van der Waals surface area contributed by atoms with Crippen LogP contribution in [0.5, 0.6) is 0 Å². The van der Waals surface area contributed by atoms with Gasteiger partial charge in [-0.2, -0.15) is 5.10 Å². The van der Waals surface area contributed by atoms with E-state index in [-0.39, 0.29) is 30.9 Å². The summed E-state index contributed by atoms with van der Waals surface area (Å²) in [7, 11) is 1.74. The van der Waals surface area contributed by atoms with Gasteiger partial charge in [0.05, 0.1) is 6.54 Å². The lowest BCUT2D eigenvalue weighted by molar-refractivity contribution is -0.139. The molecule has 3 aliphatic rings. The molecular weight excluding hydrogens is 380 g/mol. The molecule has 0 bridgehead atoms. The van der Waals surface area contributed by atoms with Crippen molar-refractivity contribution in [2.75, 3.05) is 20.1 Å². The Labute approximate surface area is 169 Å². The summed E-state index contributed by atoms with van der Waals surface area (Å²) in [6, 6.07) is 6.49. The maximum absolute atomic E-state index is 13.4. The van der Waals surface area contributed by atoms with Crippen LogP contribution in [0.1, 0.15) is 25.8 Å². The number of amides is 3. The number of hydrogen-bond donors (Lipinski definition) is 1. The van der Waals surface area contributed by atoms with Crippen LogP contribution in [-0.2, 0) is 11.3 Å². The molecule has 8 nitrogen and oxygen atoms in total. The minimum absolute atomic E-state index is 0.186. The molecule has 3 unspecified atom stereocenters. The third-order valence-corrected chi connectivity index (χ3v) is 5.67. The van der Waals surface area contributed by atoms with E-state index >= 15 is 0 Å². The summed E-state index contributed by atoms with van der Waals surface area (Å²) in [5.74, 6) is -0.186. The zero-order valence-electron chi connectivity index (χ0n) is 16.3. The first kappa shape index (κ1) is 19.2. The fraction of sp³-hybridized carbons (Fsp3) is 0.526. The Bertz CT molecular complexity index is 830. The molecule has 9 heteroatoms. The van der Waals surface area contributed by atoms with Crippen molar-refractivity contribution in [3.05, 3.63) is 34.9 Å². The van der Waals surface area contributed by atoms with Crippen molar-refractivity contribution in [3.63, 3.8) is 0 Å². The van der Waals surface area contributed by atoms with Crippen molar-refractivity contribution in [1.29, 1.82) is 0 Å². The van der Waals surface area contributed by atoms with Gasteiger partial charge in [-0.25, -0.2) is 9.69 Å². The van der Waals surface area contributed by atoms with Gasteiger partial charge in [-0.3, -0.25) is 20.0 Å². The molecule has 1 aromatic carbocycles. The number of halogens is 1. The fourth-order valence-electron chi connectivity index (χ4n) is 4.21. The number of nitrogens with zero attached hydrogens (tertiary/aromatic N) is 5. The van der Waals surface area contributed by atoms with Gasteiger partial charge >= 0.3 is 6.03 Å². The number of benzene rings is 1. The first-order chi connectivity index (χ1) is 13.4. The topological polar surface area (TPSA) is 71.5 Å². The number of rotatable bonds is 4. The smallest absolute Gasteiger partial charge is 0.310 e. The van der Waals surface area contributed by atoms with Crippen molar-refractivity contribution < 1.29 is 9.59 Å². The molecule has 4 rings (SSSR count). The van der Waals surface area contributed by atoms with Crippen LogP contribution in [0.2, 0.25) is 5.02 Å². The molecular formula is C19H25ClN6O2. The van der Waals surface area contributed by atoms with Gasteiger partial charge in [0.25, 0.3) is 5.91 Å². The van der Waals surface area contributed by atoms with E-state index in [0.717, 1.165) is 24.2 Å². The molecule has 3 heterocycles. The van der Waals surface area contributed by atoms with Crippen LogP contribution >= 0.6 is 11.6 Å². The summed E-state index contributed by atoms with van der Waals surface area (Å²) >= 11 is 6.07. The minimum atomic E-state index is -0.448. The molecule has 1 N–H and O–H groups in total. The van der Waals surface area contributed by atoms with Crippen LogP contribution in [0.3, 0.4) is 0 Å². The molecule has 2 saturated heterocycles. The van der Waals surface area contributed by atoms with Crippen LogP contribution < -0.4 is 5.32 Å². The molecule has 0 saturated carbocycles. The van der Waals surface area contributed by atoms with Gasteiger partial charge in [-0.1, -0.05) is 30.7 Å². The first-order valence-electron chi connectivity index (χ1n) is 9.56. The van der Waals surface area contributed by atoms with Crippen molar-refractivity contribution in [1.82, 2.24) is 25.0 Å². The lowest BCUT2D eigenvalue weighted by atomic mass is 10.1. The number of hydrogen-bond acceptors (Lipinski definition) is 6. The standard InChI is InChI=1S/C19H25ClN6O2/c1-4-8-26-18-21-16-15(24(18)10-12(2)22-26)17(27)25(19(28)23(16)3)11-13-6-5-7-14(20)9-13/h5-7,9,15-16,18,21H,4,8,10-11H2,1-3H3. The second-order valence-corrected chi connectivity index (χ2v) is 7.98. The van der Waals surface area contributed by atoms with Crippen molar-refractivity contribution in [2.45, 2.75) is 45.3 Å². The second-order valence-electron chi connectivity index (χ2n) is 7.55. The number of nitrogens with one attached hydrogen (secondary N) is 1. The summed E-state index contributed by atoms with van der Waals surface area (Å²) in [5, 5.41) is 10.6. The Kier molecular flexibility index (Phi) is 5.03. The Morgan fingerprint density at radius 3 is 2.82 bits per heavy atom. The molecule has 0 spiro atoms. The molecule has 0 radical (unpaired) electrons. The van der Waals surface area contributed by atoms with Gasteiger partial charge in [0.15, 0.2) is 6.29 Å². The summed E-state index contributed by atoms with van der Waals surface area (Å²) in [4.78, 5) is 31.4. The van der Waals surface area contributed by atoms with Gasteiger partial charge in [0.2, 0.25) is 0 Å². The quantitative estimate of drug-likeness (QED) is 0.827. The highest BCUT2D eigenvalue weighted by Gasteiger charge is 2.56. The van der Waals surface area contributed by atoms with Gasteiger partial charge in [0.1, 0.15) is 12.2 Å². The zero-order valence-corrected chi connectivity index (χ0v) is 17.1. The SMILES string of the molecule is CCCN1N=C(C)CN2C3C(=O)N(Cc4cccc(Cl)c4)C(=O)N(C)C3NC12. The van der Waals surface area contributed by atoms with E-state index in [4.69, 9.17) is 11.6 Å². The van der Waals surface area contributed by atoms with E-state index in [1.54, 1.807) is 24.1 Å². The van der Waals surface area contributed by atoms with E-state index in [1.807, 2.05) is 24.1 Å². The van der Waals surface area contributed by atoms with Gasteiger partial charge < -0.3 is 4.90 Å². The first-order valence-corrected chi connectivity index (χ1v) is 9.93. The third kappa shape index (κ3) is 3.15. The van der Waals surface area contributed by atoms with Crippen LogP contribution in [0.4, 0.5) is 4.79 Å². The normalized spacial score (nSPS) is 27.8. The van der Waals surface area contributed by atoms with E-state index in [9.17, 15) is 9.59 Å². The summed E-state index contributed by atoms with van der Waals surface area (Å²) in [5.41, 5.74) is 1.79. The second kappa shape index (κ2) is 7.35. The molecule has 3 aliphatic heterocycles. The molecule has 150 valence electrons. The minimum Gasteiger partial charge on any atom is -0.310 e. The Hall–Kier alpha value is -2.16. The highest BCUT2D eigenvalue weighted by molar-refractivity contribution is 6.30. The van der Waals surface area contributed by atoms with Crippen LogP contribution in [0.25, 0.3) is 0 Å². The number of fused-ring (bicyclic) bond motifs is 3. The summed E-state index contributed by atoms with van der Waals surface area (Å²) in [6.07, 6.45) is 0.381.